The average molecular weight is 567 g/mol. The quantitative estimate of drug-likeness (QED) is 0.229. The number of piperazine rings is 1. The molecule has 2 aromatic rings. The van der Waals surface area contributed by atoms with Crippen LogP contribution in [0.15, 0.2) is 41.7 Å². The molecule has 9 nitrogen and oxygen atoms in total. The van der Waals surface area contributed by atoms with E-state index in [0.29, 0.717) is 13.2 Å². The van der Waals surface area contributed by atoms with Crippen LogP contribution in [0.1, 0.15) is 19.8 Å². The fourth-order valence-electron chi connectivity index (χ4n) is 3.80. The van der Waals surface area contributed by atoms with Crippen LogP contribution in [0.5, 0.6) is 11.5 Å². The monoisotopic (exact) mass is 567 g/mol. The summed E-state index contributed by atoms with van der Waals surface area (Å²) in [6, 6.07) is 7.78. The molecule has 0 unspecified atom stereocenters. The fraction of sp³-hybridized carbons (Fsp3) is 0.522. The van der Waals surface area contributed by atoms with Crippen molar-refractivity contribution in [3.05, 3.63) is 36.7 Å². The Kier molecular flexibility index (Phi) is 10.3. The maximum Gasteiger partial charge on any atom is 0.225 e. The van der Waals surface area contributed by atoms with E-state index in [1.807, 2.05) is 24.3 Å². The van der Waals surface area contributed by atoms with E-state index in [9.17, 15) is 0 Å². The highest BCUT2D eigenvalue weighted by Gasteiger charge is 2.18. The zero-order chi connectivity index (χ0) is 22.0. The summed E-state index contributed by atoms with van der Waals surface area (Å²) in [6.07, 6.45) is 5.51. The topological polar surface area (TPSA) is 87.1 Å². The highest BCUT2D eigenvalue weighted by Crippen LogP contribution is 2.32. The highest BCUT2D eigenvalue weighted by molar-refractivity contribution is 14.0. The molecule has 4 rings (SSSR count). The summed E-state index contributed by atoms with van der Waals surface area (Å²) in [7, 11) is 0. The number of ether oxygens (including phenoxy) is 2. The van der Waals surface area contributed by atoms with Crippen molar-refractivity contribution in [2.75, 3.05) is 69.2 Å². The molecule has 0 radical (unpaired) electrons. The van der Waals surface area contributed by atoms with E-state index in [4.69, 9.17) is 14.5 Å². The molecule has 2 aliphatic rings. The number of hydrogen-bond donors (Lipinski definition) is 2. The first kappa shape index (κ1) is 25.3. The molecule has 0 bridgehead atoms. The van der Waals surface area contributed by atoms with Gasteiger partial charge in [-0.1, -0.05) is 0 Å². The molecule has 2 N–H and O–H groups in total. The Labute approximate surface area is 213 Å². The molecule has 1 fully saturated rings. The molecule has 1 saturated heterocycles. The normalized spacial score (nSPS) is 16.5. The Hall–Kier alpha value is -2.34. The third-order valence-corrected chi connectivity index (χ3v) is 5.46. The number of anilines is 2. The number of fused-ring (bicyclic) bond motifs is 1. The van der Waals surface area contributed by atoms with Crippen molar-refractivity contribution >= 4 is 41.6 Å². The van der Waals surface area contributed by atoms with Gasteiger partial charge in [0.1, 0.15) is 0 Å². The summed E-state index contributed by atoms with van der Waals surface area (Å²) < 4.78 is 11.5. The van der Waals surface area contributed by atoms with Crippen LogP contribution in [0.25, 0.3) is 0 Å². The van der Waals surface area contributed by atoms with Crippen molar-refractivity contribution in [3.63, 3.8) is 0 Å². The van der Waals surface area contributed by atoms with Crippen molar-refractivity contribution in [3.8, 4) is 11.5 Å². The first-order valence-electron chi connectivity index (χ1n) is 11.5. The zero-order valence-corrected chi connectivity index (χ0v) is 21.5. The maximum absolute atomic E-state index is 5.79. The Morgan fingerprint density at radius 1 is 1.06 bits per heavy atom. The van der Waals surface area contributed by atoms with Gasteiger partial charge in [-0.3, -0.25) is 9.89 Å². The minimum Gasteiger partial charge on any atom is -0.490 e. The number of guanidine groups is 1. The van der Waals surface area contributed by atoms with Crippen molar-refractivity contribution in [2.45, 2.75) is 19.8 Å². The van der Waals surface area contributed by atoms with E-state index in [2.05, 4.69) is 37.3 Å². The lowest BCUT2D eigenvalue weighted by Gasteiger charge is -2.34. The van der Waals surface area contributed by atoms with Crippen LogP contribution in [0.3, 0.4) is 0 Å². The summed E-state index contributed by atoms with van der Waals surface area (Å²) in [5.74, 6) is 3.19. The second kappa shape index (κ2) is 13.4. The Balaban J connectivity index is 0.00000306. The van der Waals surface area contributed by atoms with Gasteiger partial charge in [0.15, 0.2) is 17.5 Å². The number of halogens is 1. The minimum absolute atomic E-state index is 0. The predicted octanol–water partition coefficient (Wildman–Crippen LogP) is 2.85. The lowest BCUT2D eigenvalue weighted by Crippen LogP contribution is -2.47. The third-order valence-electron chi connectivity index (χ3n) is 5.46. The molecule has 0 amide bonds. The Morgan fingerprint density at radius 3 is 2.58 bits per heavy atom. The number of benzene rings is 1. The lowest BCUT2D eigenvalue weighted by molar-refractivity contribution is 0.255. The Morgan fingerprint density at radius 2 is 1.82 bits per heavy atom. The predicted molar refractivity (Wildman–Crippen MR) is 142 cm³/mol. The van der Waals surface area contributed by atoms with Gasteiger partial charge in [-0.05, 0) is 31.5 Å². The van der Waals surface area contributed by atoms with Gasteiger partial charge in [-0.25, -0.2) is 9.97 Å². The van der Waals surface area contributed by atoms with Crippen LogP contribution in [-0.2, 0) is 0 Å². The molecule has 33 heavy (non-hydrogen) atoms. The minimum atomic E-state index is 0. The van der Waals surface area contributed by atoms with Crippen molar-refractivity contribution in [1.29, 1.82) is 0 Å². The lowest BCUT2D eigenvalue weighted by atomic mass is 10.2. The fourth-order valence-corrected chi connectivity index (χ4v) is 3.80. The van der Waals surface area contributed by atoms with Crippen LogP contribution >= 0.6 is 24.0 Å². The molecule has 1 aromatic carbocycles. The van der Waals surface area contributed by atoms with Crippen LogP contribution in [-0.4, -0.2) is 79.9 Å². The van der Waals surface area contributed by atoms with E-state index in [1.165, 1.54) is 0 Å². The molecule has 0 aliphatic carbocycles. The number of nitrogens with zero attached hydrogens (tertiary/aromatic N) is 5. The zero-order valence-electron chi connectivity index (χ0n) is 19.2. The SMILES string of the molecule is CCNC(=NCCCN1CCN(c2ncccn2)CC1)Nc1ccc2c(c1)OCCCO2.I. The van der Waals surface area contributed by atoms with Gasteiger partial charge in [0, 0.05) is 76.4 Å². The molecule has 3 heterocycles. The van der Waals surface area contributed by atoms with Gasteiger partial charge in [0.05, 0.1) is 13.2 Å². The highest BCUT2D eigenvalue weighted by atomic mass is 127. The van der Waals surface area contributed by atoms with E-state index in [-0.39, 0.29) is 24.0 Å². The smallest absolute Gasteiger partial charge is 0.225 e. The molecule has 10 heteroatoms. The van der Waals surface area contributed by atoms with E-state index in [1.54, 1.807) is 12.4 Å². The summed E-state index contributed by atoms with van der Waals surface area (Å²) >= 11 is 0. The van der Waals surface area contributed by atoms with Crippen molar-refractivity contribution < 1.29 is 9.47 Å². The second-order valence-corrected chi connectivity index (χ2v) is 7.83. The number of aromatic nitrogens is 2. The maximum atomic E-state index is 5.79. The summed E-state index contributed by atoms with van der Waals surface area (Å²) in [4.78, 5) is 18.2. The van der Waals surface area contributed by atoms with Crippen LogP contribution in [0.2, 0.25) is 0 Å². The van der Waals surface area contributed by atoms with E-state index < -0.39 is 0 Å². The first-order valence-corrected chi connectivity index (χ1v) is 11.5. The molecule has 1 aromatic heterocycles. The largest absolute Gasteiger partial charge is 0.490 e. The molecular weight excluding hydrogens is 533 g/mol. The number of nitrogens with one attached hydrogen (secondary N) is 2. The molecular formula is C23H34IN7O2. The molecule has 0 saturated carbocycles. The molecule has 2 aliphatic heterocycles. The molecule has 0 spiro atoms. The average Bonchev–Trinajstić information content (AvgIpc) is 3.08. The summed E-state index contributed by atoms with van der Waals surface area (Å²) in [5.41, 5.74) is 0.938. The second-order valence-electron chi connectivity index (χ2n) is 7.83. The number of hydrogen-bond acceptors (Lipinski definition) is 7. The van der Waals surface area contributed by atoms with Crippen LogP contribution < -0.4 is 25.0 Å². The van der Waals surface area contributed by atoms with Gasteiger partial charge in [-0.2, -0.15) is 0 Å². The van der Waals surface area contributed by atoms with Crippen LogP contribution in [0, 0.1) is 0 Å². The van der Waals surface area contributed by atoms with Crippen molar-refractivity contribution in [2.24, 2.45) is 4.99 Å². The Bertz CT molecular complexity index is 876. The van der Waals surface area contributed by atoms with E-state index in [0.717, 1.165) is 87.7 Å². The first-order chi connectivity index (χ1) is 15.8. The van der Waals surface area contributed by atoms with Gasteiger partial charge in [0.2, 0.25) is 5.95 Å². The van der Waals surface area contributed by atoms with E-state index >= 15 is 0 Å². The van der Waals surface area contributed by atoms with Gasteiger partial charge in [-0.15, -0.1) is 24.0 Å². The number of aliphatic imine (C=N–C) groups is 1. The summed E-state index contributed by atoms with van der Waals surface area (Å²) in [5, 5.41) is 6.70. The standard InChI is InChI=1S/C23H33N7O2.HI/c1-2-24-22(28-19-6-7-20-21(18-19)32-17-5-16-31-20)25-10-4-11-29-12-14-30(15-13-29)23-26-8-3-9-27-23;/h3,6-9,18H,2,4-5,10-17H2,1H3,(H2,24,25,28);1H. The van der Waals surface area contributed by atoms with Gasteiger partial charge in [0.25, 0.3) is 0 Å². The third kappa shape index (κ3) is 7.60. The van der Waals surface area contributed by atoms with Crippen molar-refractivity contribution in [1.82, 2.24) is 20.2 Å². The molecule has 180 valence electrons. The van der Waals surface area contributed by atoms with Gasteiger partial charge >= 0.3 is 0 Å². The van der Waals surface area contributed by atoms with Gasteiger partial charge < -0.3 is 25.0 Å². The summed E-state index contributed by atoms with van der Waals surface area (Å²) in [6.45, 7) is 10.0. The number of rotatable bonds is 7. The molecule has 0 atom stereocenters. The van der Waals surface area contributed by atoms with Crippen LogP contribution in [0.4, 0.5) is 11.6 Å².